The van der Waals surface area contributed by atoms with Gasteiger partial charge in [0.25, 0.3) is 0 Å². The predicted molar refractivity (Wildman–Crippen MR) is 95.2 cm³/mol. The fourth-order valence-corrected chi connectivity index (χ4v) is 2.80. The maximum absolute atomic E-state index is 5.49. The Morgan fingerprint density at radius 3 is 2.42 bits per heavy atom. The average Bonchev–Trinajstić information content (AvgIpc) is 2.64. The summed E-state index contributed by atoms with van der Waals surface area (Å²) in [5.41, 5.74) is 3.63. The fourth-order valence-electron chi connectivity index (χ4n) is 2.80. The topological polar surface area (TPSA) is 46.6 Å². The van der Waals surface area contributed by atoms with E-state index in [0.29, 0.717) is 19.1 Å². The predicted octanol–water partition coefficient (Wildman–Crippen LogP) is 2.18. The minimum atomic E-state index is 0.517. The van der Waals surface area contributed by atoms with Crippen LogP contribution in [0.15, 0.2) is 42.6 Å². The molecular formula is C19H25N3O2. The quantitative estimate of drug-likeness (QED) is 0.790. The Morgan fingerprint density at radius 1 is 1.00 bits per heavy atom. The van der Waals surface area contributed by atoms with Gasteiger partial charge in [0.1, 0.15) is 6.61 Å². The zero-order valence-corrected chi connectivity index (χ0v) is 14.2. The maximum atomic E-state index is 5.49. The van der Waals surface area contributed by atoms with Crippen molar-refractivity contribution in [2.24, 2.45) is 0 Å². The average molecular weight is 327 g/mol. The molecule has 5 heteroatoms. The van der Waals surface area contributed by atoms with Crippen molar-refractivity contribution in [2.45, 2.75) is 6.54 Å². The van der Waals surface area contributed by atoms with Crippen molar-refractivity contribution in [1.82, 2.24) is 15.2 Å². The number of aromatic nitrogens is 1. The number of nitrogens with zero attached hydrogens (tertiary/aromatic N) is 2. The lowest BCUT2D eigenvalue weighted by Gasteiger charge is -2.27. The van der Waals surface area contributed by atoms with Gasteiger partial charge in [-0.2, -0.15) is 0 Å². The second-order valence-electron chi connectivity index (χ2n) is 5.95. The van der Waals surface area contributed by atoms with E-state index >= 15 is 0 Å². The number of methoxy groups -OCH3 is 1. The number of rotatable bonds is 7. The Bertz CT molecular complexity index is 608. The highest BCUT2D eigenvalue weighted by molar-refractivity contribution is 5.62. The summed E-state index contributed by atoms with van der Waals surface area (Å²) in [6.07, 6.45) is 1.85. The van der Waals surface area contributed by atoms with E-state index in [1.807, 2.05) is 18.3 Å². The van der Waals surface area contributed by atoms with Crippen molar-refractivity contribution in [3.63, 3.8) is 0 Å². The fraction of sp³-hybridized carbons (Fsp3) is 0.421. The molecular weight excluding hydrogens is 302 g/mol. The van der Waals surface area contributed by atoms with Gasteiger partial charge in [-0.1, -0.05) is 24.3 Å². The van der Waals surface area contributed by atoms with Gasteiger partial charge < -0.3 is 14.8 Å². The molecule has 2 aromatic rings. The Balaban J connectivity index is 1.58. The van der Waals surface area contributed by atoms with Gasteiger partial charge in [0.2, 0.25) is 5.88 Å². The lowest BCUT2D eigenvalue weighted by molar-refractivity contribution is 0.144. The van der Waals surface area contributed by atoms with Crippen molar-refractivity contribution < 1.29 is 9.47 Å². The highest BCUT2D eigenvalue weighted by Gasteiger charge is 2.09. The molecule has 0 saturated carbocycles. The summed E-state index contributed by atoms with van der Waals surface area (Å²) in [6.45, 7) is 6.52. The van der Waals surface area contributed by atoms with Crippen LogP contribution in [0, 0.1) is 0 Å². The molecule has 0 spiro atoms. The van der Waals surface area contributed by atoms with Gasteiger partial charge in [-0.05, 0) is 17.2 Å². The van der Waals surface area contributed by atoms with Crippen molar-refractivity contribution in [3.05, 3.63) is 48.2 Å². The van der Waals surface area contributed by atoms with Crippen LogP contribution in [0.3, 0.4) is 0 Å². The lowest BCUT2D eigenvalue weighted by atomic mass is 10.1. The highest BCUT2D eigenvalue weighted by atomic mass is 16.5. The van der Waals surface area contributed by atoms with Crippen LogP contribution in [0.5, 0.6) is 5.88 Å². The summed E-state index contributed by atoms with van der Waals surface area (Å²) >= 11 is 0. The van der Waals surface area contributed by atoms with Gasteiger partial charge in [0.05, 0.1) is 6.61 Å². The number of ether oxygens (including phenoxy) is 2. The molecule has 1 saturated heterocycles. The van der Waals surface area contributed by atoms with E-state index in [2.05, 4.69) is 39.5 Å². The van der Waals surface area contributed by atoms with Crippen LogP contribution in [0.25, 0.3) is 11.1 Å². The number of pyridine rings is 1. The molecule has 1 aromatic heterocycles. The molecule has 24 heavy (non-hydrogen) atoms. The van der Waals surface area contributed by atoms with Crippen LogP contribution >= 0.6 is 0 Å². The van der Waals surface area contributed by atoms with E-state index < -0.39 is 0 Å². The standard InChI is InChI=1S/C19H25N3O2/c1-23-12-13-24-19-7-6-18(14-21-19)17-4-2-16(3-5-17)15-22-10-8-20-9-11-22/h2-7,14,20H,8-13,15H2,1H3. The molecule has 0 unspecified atom stereocenters. The van der Waals surface area contributed by atoms with Gasteiger partial charge >= 0.3 is 0 Å². The van der Waals surface area contributed by atoms with E-state index in [4.69, 9.17) is 9.47 Å². The number of benzene rings is 1. The van der Waals surface area contributed by atoms with Crippen molar-refractivity contribution in [2.75, 3.05) is 46.5 Å². The Morgan fingerprint density at radius 2 is 1.75 bits per heavy atom. The minimum absolute atomic E-state index is 0.517. The normalized spacial score (nSPS) is 15.4. The van der Waals surface area contributed by atoms with Gasteiger partial charge in [-0.25, -0.2) is 4.98 Å². The molecule has 0 amide bonds. The molecule has 1 aliphatic heterocycles. The Labute approximate surface area is 143 Å². The second kappa shape index (κ2) is 8.78. The van der Waals surface area contributed by atoms with Crippen LogP contribution < -0.4 is 10.1 Å². The van der Waals surface area contributed by atoms with Crippen LogP contribution in [-0.2, 0) is 11.3 Å². The summed E-state index contributed by atoms with van der Waals surface area (Å²) in [6, 6.07) is 12.7. The Hall–Kier alpha value is -1.95. The molecule has 3 rings (SSSR count). The van der Waals surface area contributed by atoms with E-state index in [-0.39, 0.29) is 0 Å². The highest BCUT2D eigenvalue weighted by Crippen LogP contribution is 2.21. The first kappa shape index (κ1) is 16.9. The summed E-state index contributed by atoms with van der Waals surface area (Å²) in [4.78, 5) is 6.84. The molecule has 0 radical (unpaired) electrons. The second-order valence-corrected chi connectivity index (χ2v) is 5.95. The van der Waals surface area contributed by atoms with E-state index in [1.165, 1.54) is 11.1 Å². The molecule has 0 bridgehead atoms. The molecule has 1 fully saturated rings. The maximum Gasteiger partial charge on any atom is 0.213 e. The molecule has 5 nitrogen and oxygen atoms in total. The third-order valence-corrected chi connectivity index (χ3v) is 4.18. The zero-order valence-electron chi connectivity index (χ0n) is 14.2. The molecule has 1 aromatic carbocycles. The molecule has 0 atom stereocenters. The number of hydrogen-bond acceptors (Lipinski definition) is 5. The molecule has 1 N–H and O–H groups in total. The SMILES string of the molecule is COCCOc1ccc(-c2ccc(CN3CCNCC3)cc2)cn1. The monoisotopic (exact) mass is 327 g/mol. The van der Waals surface area contributed by atoms with Gasteiger partial charge in [0.15, 0.2) is 0 Å². The molecule has 1 aliphatic rings. The van der Waals surface area contributed by atoms with Crippen LogP contribution in [0.4, 0.5) is 0 Å². The van der Waals surface area contributed by atoms with E-state index in [1.54, 1.807) is 7.11 Å². The largest absolute Gasteiger partial charge is 0.475 e. The first-order valence-electron chi connectivity index (χ1n) is 8.45. The third kappa shape index (κ3) is 4.77. The van der Waals surface area contributed by atoms with Crippen molar-refractivity contribution >= 4 is 0 Å². The van der Waals surface area contributed by atoms with E-state index in [0.717, 1.165) is 38.3 Å². The van der Waals surface area contributed by atoms with E-state index in [9.17, 15) is 0 Å². The Kier molecular flexibility index (Phi) is 6.18. The third-order valence-electron chi connectivity index (χ3n) is 4.18. The van der Waals surface area contributed by atoms with Crippen LogP contribution in [0.1, 0.15) is 5.56 Å². The number of hydrogen-bond donors (Lipinski definition) is 1. The van der Waals surface area contributed by atoms with Crippen molar-refractivity contribution in [1.29, 1.82) is 0 Å². The molecule has 2 heterocycles. The minimum Gasteiger partial charge on any atom is -0.475 e. The van der Waals surface area contributed by atoms with Crippen molar-refractivity contribution in [3.8, 4) is 17.0 Å². The smallest absolute Gasteiger partial charge is 0.213 e. The number of piperazine rings is 1. The lowest BCUT2D eigenvalue weighted by Crippen LogP contribution is -2.42. The zero-order chi connectivity index (χ0) is 16.6. The van der Waals surface area contributed by atoms with Gasteiger partial charge in [-0.15, -0.1) is 0 Å². The number of nitrogens with one attached hydrogen (secondary N) is 1. The molecule has 128 valence electrons. The van der Waals surface area contributed by atoms with Gasteiger partial charge in [0, 0.05) is 57.7 Å². The van der Waals surface area contributed by atoms with Crippen LogP contribution in [-0.4, -0.2) is 56.4 Å². The van der Waals surface area contributed by atoms with Crippen LogP contribution in [0.2, 0.25) is 0 Å². The van der Waals surface area contributed by atoms with Gasteiger partial charge in [-0.3, -0.25) is 4.90 Å². The molecule has 0 aliphatic carbocycles. The summed E-state index contributed by atoms with van der Waals surface area (Å²) in [5, 5.41) is 3.39. The first-order valence-corrected chi connectivity index (χ1v) is 8.45. The summed E-state index contributed by atoms with van der Waals surface area (Å²) in [5.74, 6) is 0.631. The first-order chi connectivity index (χ1) is 11.8. The summed E-state index contributed by atoms with van der Waals surface area (Å²) in [7, 11) is 1.66. The summed E-state index contributed by atoms with van der Waals surface area (Å²) < 4.78 is 10.5.